The standard InChI is InChI=1S/C13H16O12.C9H12O8.2C4H4O3.CH4O3.CH4O2/c14-7(15)1-4-10(20)23-13(24-11(21)5-2-8(16)17)25-12(22)6-3-9(18)19;10-6(11)1-3-8(14)16-5-17-9(15)4-2-7(12)13;2*5-3-1-2-4(6)7-3;2-1(3)4;2-1-3/h13H,1-6H2,(H,14,15)(H,16,17)(H,18,19);1-5H2,(H,10,11)(H,12,13);2*1-2H2;1-4H;2-3H,1H2. The molecule has 0 bridgehead atoms. The Balaban J connectivity index is -0.000000388. The number of carboxylic acids is 5. The number of hydrogen-bond donors (Lipinski definition) is 10. The van der Waals surface area contributed by atoms with E-state index in [0.29, 0.717) is 0 Å². The van der Waals surface area contributed by atoms with E-state index in [9.17, 15) is 67.1 Å². The second-order valence-corrected chi connectivity index (χ2v) is 10.6. The van der Waals surface area contributed by atoms with Crippen LogP contribution >= 0.6 is 0 Å². The molecule has 2 rings (SSSR count). The Bertz CT molecular complexity index is 1380. The number of ether oxygens (including phenoxy) is 7. The third-order valence-electron chi connectivity index (χ3n) is 5.36. The molecule has 358 valence electrons. The van der Waals surface area contributed by atoms with E-state index in [1.54, 1.807) is 0 Å². The number of carbonyl (C=O) groups excluding carboxylic acids is 9. The van der Waals surface area contributed by atoms with E-state index in [-0.39, 0.29) is 51.4 Å². The number of aliphatic hydroxyl groups is 5. The molecule has 0 unspecified atom stereocenters. The van der Waals surface area contributed by atoms with Crippen LogP contribution in [0.5, 0.6) is 0 Å². The van der Waals surface area contributed by atoms with Gasteiger partial charge in [0, 0.05) is 0 Å². The predicted molar refractivity (Wildman–Crippen MR) is 184 cm³/mol. The first-order chi connectivity index (χ1) is 29.2. The molecule has 0 aromatic carbocycles. The maximum atomic E-state index is 11.4. The molecule has 0 aromatic heterocycles. The molecule has 2 fully saturated rings. The molecule has 2 aliphatic rings. The smallest absolute Gasteiger partial charge is 0.412 e. The SMILES string of the molecule is O=C(O)CCC(=O)OC(OC(=O)CCC(=O)O)OC(=O)CCC(=O)O.O=C(O)CCC(=O)OCOC(=O)CCC(=O)O.O=C1CCC(=O)O1.O=C1CCC(=O)O1.OC(O)O.OCO. The zero-order chi connectivity index (χ0) is 49.5. The van der Waals surface area contributed by atoms with E-state index in [4.69, 9.17) is 51.1 Å². The van der Waals surface area contributed by atoms with Crippen molar-refractivity contribution < 1.29 is 151 Å². The summed E-state index contributed by atoms with van der Waals surface area (Å²) in [5.41, 5.74) is 0. The van der Waals surface area contributed by atoms with Gasteiger partial charge in [0.2, 0.25) is 6.79 Å². The van der Waals surface area contributed by atoms with Crippen LogP contribution < -0.4 is 0 Å². The average molecular weight is 925 g/mol. The van der Waals surface area contributed by atoms with Gasteiger partial charge in [-0.1, -0.05) is 0 Å². The molecule has 2 saturated heterocycles. The highest BCUT2D eigenvalue weighted by molar-refractivity contribution is 5.93. The van der Waals surface area contributed by atoms with Gasteiger partial charge in [-0.15, -0.1) is 0 Å². The summed E-state index contributed by atoms with van der Waals surface area (Å²) in [6, 6.07) is 0. The Morgan fingerprint density at radius 1 is 0.413 bits per heavy atom. The van der Waals surface area contributed by atoms with Crippen LogP contribution in [0.25, 0.3) is 0 Å². The van der Waals surface area contributed by atoms with Crippen molar-refractivity contribution in [1.29, 1.82) is 0 Å². The molecule has 2 heterocycles. The third kappa shape index (κ3) is 52.8. The van der Waals surface area contributed by atoms with Gasteiger partial charge in [0.15, 0.2) is 0 Å². The van der Waals surface area contributed by atoms with Crippen LogP contribution in [0.4, 0.5) is 0 Å². The molecule has 0 spiro atoms. The second kappa shape index (κ2) is 38.9. The van der Waals surface area contributed by atoms with E-state index in [1.807, 2.05) is 0 Å². The van der Waals surface area contributed by atoms with Crippen LogP contribution in [-0.2, 0) is 100 Å². The minimum absolute atomic E-state index is 0.263. The molecule has 0 atom stereocenters. The van der Waals surface area contributed by atoms with Gasteiger partial charge in [-0.25, -0.2) is 0 Å². The Hall–Kier alpha value is -7.22. The number of cyclic esters (lactones) is 4. The first kappa shape index (κ1) is 62.4. The van der Waals surface area contributed by atoms with Gasteiger partial charge in [0.25, 0.3) is 6.48 Å². The second-order valence-electron chi connectivity index (χ2n) is 10.6. The molecule has 31 nitrogen and oxygen atoms in total. The summed E-state index contributed by atoms with van der Waals surface area (Å²) in [7, 11) is 0. The van der Waals surface area contributed by atoms with Crippen molar-refractivity contribution in [2.75, 3.05) is 13.6 Å². The summed E-state index contributed by atoms with van der Waals surface area (Å²) < 4.78 is 30.3. The van der Waals surface area contributed by atoms with Gasteiger partial charge in [-0.2, -0.15) is 0 Å². The number of aliphatic hydroxyl groups excluding tert-OH is 2. The first-order valence-electron chi connectivity index (χ1n) is 17.0. The summed E-state index contributed by atoms with van der Waals surface area (Å²) in [6.07, 6.45) is -3.92. The minimum atomic E-state index is -2.18. The van der Waals surface area contributed by atoms with E-state index in [2.05, 4.69) is 33.2 Å². The average Bonchev–Trinajstić information content (AvgIpc) is 3.74. The zero-order valence-electron chi connectivity index (χ0n) is 32.5. The molecule has 10 N–H and O–H groups in total. The molecule has 31 heteroatoms. The number of hydrogen-bond acceptors (Lipinski definition) is 26. The zero-order valence-corrected chi connectivity index (χ0v) is 32.5. The van der Waals surface area contributed by atoms with Crippen LogP contribution in [0, 0.1) is 0 Å². The van der Waals surface area contributed by atoms with E-state index in [1.165, 1.54) is 0 Å². The Labute approximate surface area is 351 Å². The molecule has 0 aromatic rings. The normalized spacial score (nSPS) is 11.8. The lowest BCUT2D eigenvalue weighted by Crippen LogP contribution is -2.30. The van der Waals surface area contributed by atoms with Crippen molar-refractivity contribution in [2.45, 2.75) is 103 Å². The lowest BCUT2D eigenvalue weighted by Gasteiger charge is -2.17. The molecule has 2 aliphatic heterocycles. The summed E-state index contributed by atoms with van der Waals surface area (Å²) in [6.45, 7) is -5.74. The fourth-order valence-electron chi connectivity index (χ4n) is 2.79. The van der Waals surface area contributed by atoms with Gasteiger partial charge >= 0.3 is 90.0 Å². The summed E-state index contributed by atoms with van der Waals surface area (Å²) >= 11 is 0. The Morgan fingerprint density at radius 3 is 0.762 bits per heavy atom. The Morgan fingerprint density at radius 2 is 0.603 bits per heavy atom. The molecule has 0 saturated carbocycles. The Kier molecular flexibility index (Phi) is 38.6. The van der Waals surface area contributed by atoms with Crippen LogP contribution in [0.2, 0.25) is 0 Å². The third-order valence-corrected chi connectivity index (χ3v) is 5.36. The van der Waals surface area contributed by atoms with Crippen molar-refractivity contribution in [1.82, 2.24) is 0 Å². The predicted octanol–water partition coefficient (Wildman–Crippen LogP) is -3.87. The molecule has 63 heavy (non-hydrogen) atoms. The lowest BCUT2D eigenvalue weighted by molar-refractivity contribution is -0.258. The first-order valence-corrected chi connectivity index (χ1v) is 17.0. The number of rotatable bonds is 20. The molecular weight excluding hydrogens is 880 g/mol. The van der Waals surface area contributed by atoms with Crippen molar-refractivity contribution in [3.63, 3.8) is 0 Å². The van der Waals surface area contributed by atoms with E-state index >= 15 is 0 Å². The number of aliphatic carboxylic acids is 5. The molecule has 0 aliphatic carbocycles. The lowest BCUT2D eigenvalue weighted by atomic mass is 10.3. The van der Waals surface area contributed by atoms with Gasteiger partial charge in [-0.3, -0.25) is 67.1 Å². The van der Waals surface area contributed by atoms with Crippen LogP contribution in [0.1, 0.15) is 89.9 Å². The summed E-state index contributed by atoms with van der Waals surface area (Å²) in [5, 5.41) is 77.6. The number of carboxylic acid groups (broad SMARTS) is 5. The van der Waals surface area contributed by atoms with Crippen molar-refractivity contribution >= 4 is 83.6 Å². The summed E-state index contributed by atoms with van der Waals surface area (Å²) in [4.78, 5) is 147. The monoisotopic (exact) mass is 924 g/mol. The van der Waals surface area contributed by atoms with Crippen LogP contribution in [0.15, 0.2) is 0 Å². The quantitative estimate of drug-likeness (QED) is 0.0242. The van der Waals surface area contributed by atoms with Gasteiger partial charge < -0.3 is 84.2 Å². The number of esters is 9. The van der Waals surface area contributed by atoms with E-state index < -0.39 is 149 Å². The maximum absolute atomic E-state index is 11.4. The minimum Gasteiger partial charge on any atom is -0.481 e. The highest BCUT2D eigenvalue weighted by Crippen LogP contribution is 2.08. The van der Waals surface area contributed by atoms with Crippen molar-refractivity contribution in [3.8, 4) is 0 Å². The van der Waals surface area contributed by atoms with Crippen LogP contribution in [-0.4, -0.2) is 161 Å². The fraction of sp³-hybridized carbons (Fsp3) is 0.562. The maximum Gasteiger partial charge on any atom is 0.412 e. The molecule has 0 amide bonds. The highest BCUT2D eigenvalue weighted by Gasteiger charge is 2.25. The van der Waals surface area contributed by atoms with Gasteiger partial charge in [-0.05, 0) is 0 Å². The molecular formula is C32H44O31. The summed E-state index contributed by atoms with van der Waals surface area (Å²) in [5.74, 6) is -12.9. The van der Waals surface area contributed by atoms with Crippen LogP contribution in [0.3, 0.4) is 0 Å². The van der Waals surface area contributed by atoms with E-state index in [0.717, 1.165) is 0 Å². The van der Waals surface area contributed by atoms with Gasteiger partial charge in [0.05, 0.1) is 89.9 Å². The highest BCUT2D eigenvalue weighted by atomic mass is 16.9. The number of carbonyl (C=O) groups is 14. The molecule has 0 radical (unpaired) electrons. The van der Waals surface area contributed by atoms with Gasteiger partial charge in [0.1, 0.15) is 6.79 Å². The fourth-order valence-corrected chi connectivity index (χ4v) is 2.79. The largest absolute Gasteiger partial charge is 0.481 e. The van der Waals surface area contributed by atoms with Crippen molar-refractivity contribution in [2.24, 2.45) is 0 Å². The topological polar surface area (TPSA) is 506 Å². The van der Waals surface area contributed by atoms with Crippen molar-refractivity contribution in [3.05, 3.63) is 0 Å².